The van der Waals surface area contributed by atoms with E-state index >= 15 is 0 Å². The molecular formula is C30H26AcCl3Hg2N2NaO3. The Morgan fingerprint density at radius 1 is 0.810 bits per heavy atom. The van der Waals surface area contributed by atoms with E-state index in [9.17, 15) is 4.79 Å². The van der Waals surface area contributed by atoms with E-state index < -0.39 is 45.4 Å². The molecule has 0 saturated heterocycles. The SMILES string of the molecule is CC(=O)Nc1ccc2c(c1)Cc1ccccc1-2.Cc1ccc2c(c1)Cc1c[c]([201Hg][Cl])ccc1-2.N=C=O.[Ac].[Cl][201Hg][Cl].[Na+].[OH-]. The summed E-state index contributed by atoms with van der Waals surface area (Å²) in [6, 6.07) is 28.1. The van der Waals surface area contributed by atoms with E-state index in [1.54, 1.807) is 0 Å². The zero-order valence-electron chi connectivity index (χ0n) is 23.8. The molecule has 0 saturated carbocycles. The van der Waals surface area contributed by atoms with Gasteiger partial charge in [-0.15, -0.1) is 0 Å². The Labute approximate surface area is 340 Å². The summed E-state index contributed by atoms with van der Waals surface area (Å²) < 4.78 is 1.44. The van der Waals surface area contributed by atoms with Crippen LogP contribution in [-0.4, -0.2) is 17.5 Å². The summed E-state index contributed by atoms with van der Waals surface area (Å²) in [5, 5.41) is 8.23. The molecule has 1 amide bonds. The van der Waals surface area contributed by atoms with Gasteiger partial charge in [0.05, 0.1) is 0 Å². The second-order valence-corrected chi connectivity index (χ2v) is 23.5. The zero-order valence-corrected chi connectivity index (χ0v) is 43.8. The van der Waals surface area contributed by atoms with Gasteiger partial charge >= 0.3 is 180 Å². The maximum atomic E-state index is 11.0. The number of hydrogen-bond donors (Lipinski definition) is 2. The molecule has 0 aliphatic heterocycles. The van der Waals surface area contributed by atoms with Gasteiger partial charge in [-0.3, -0.25) is 4.79 Å². The van der Waals surface area contributed by atoms with Crippen LogP contribution >= 0.6 is 24.7 Å². The minimum Gasteiger partial charge on any atom is -0.870 e. The molecule has 0 spiro atoms. The molecule has 203 valence electrons. The van der Waals surface area contributed by atoms with Gasteiger partial charge in [0.1, 0.15) is 0 Å². The second-order valence-electron chi connectivity index (χ2n) is 9.05. The number of anilines is 1. The maximum absolute atomic E-state index is 11.0. The minimum absolute atomic E-state index is 0. The van der Waals surface area contributed by atoms with Crippen LogP contribution < -0.4 is 37.9 Å². The molecule has 12 heteroatoms. The number of amides is 1. The van der Waals surface area contributed by atoms with Crippen LogP contribution in [0.1, 0.15) is 34.7 Å². The van der Waals surface area contributed by atoms with E-state index in [0.29, 0.717) is 0 Å². The van der Waals surface area contributed by atoms with Crippen molar-refractivity contribution in [2.75, 3.05) is 5.32 Å². The van der Waals surface area contributed by atoms with Gasteiger partial charge < -0.3 is 10.8 Å². The quantitative estimate of drug-likeness (QED) is 0.149. The number of benzene rings is 4. The molecule has 2 aliphatic rings. The Kier molecular flexibility index (Phi) is 22.9. The van der Waals surface area contributed by atoms with Crippen molar-refractivity contribution in [2.24, 2.45) is 0 Å². The summed E-state index contributed by atoms with van der Waals surface area (Å²) in [5.74, 6) is -0.0274. The molecular weight excluding hydrogens is 1190 g/mol. The Balaban J connectivity index is 0.000000637. The molecule has 4 aromatic rings. The first-order chi connectivity index (χ1) is 18.8. The van der Waals surface area contributed by atoms with Gasteiger partial charge in [0.2, 0.25) is 12.0 Å². The van der Waals surface area contributed by atoms with Crippen LogP contribution in [0.15, 0.2) is 78.9 Å². The van der Waals surface area contributed by atoms with Crippen molar-refractivity contribution in [3.8, 4) is 22.3 Å². The molecule has 6 rings (SSSR count). The van der Waals surface area contributed by atoms with Crippen LogP contribution in [0.5, 0.6) is 0 Å². The number of hydrogen-bond acceptors (Lipinski definition) is 4. The summed E-state index contributed by atoms with van der Waals surface area (Å²) in [6.07, 6.45) is 2.80. The van der Waals surface area contributed by atoms with E-state index in [4.69, 9.17) is 35.0 Å². The molecule has 5 nitrogen and oxygen atoms in total. The summed E-state index contributed by atoms with van der Waals surface area (Å²) in [6.45, 7) is 3.69. The van der Waals surface area contributed by atoms with Gasteiger partial charge in [-0.1, -0.05) is 30.3 Å². The fourth-order valence-electron chi connectivity index (χ4n) is 4.90. The largest absolute Gasteiger partial charge is 1.00 e. The van der Waals surface area contributed by atoms with Crippen molar-refractivity contribution < 1.29 is 134 Å². The van der Waals surface area contributed by atoms with Crippen LogP contribution in [0.4, 0.5) is 5.69 Å². The van der Waals surface area contributed by atoms with Crippen LogP contribution in [0.3, 0.4) is 0 Å². The van der Waals surface area contributed by atoms with Gasteiger partial charge in [-0.25, -0.2) is 10.2 Å². The number of rotatable bonds is 2. The minimum atomic E-state index is -1.24. The van der Waals surface area contributed by atoms with Crippen LogP contribution in [-0.2, 0) is 67.9 Å². The van der Waals surface area contributed by atoms with E-state index in [2.05, 4.69) is 85.0 Å². The number of halogens is 3. The number of carbonyl (C=O) groups is 1. The van der Waals surface area contributed by atoms with Gasteiger partial charge in [0.15, 0.2) is 0 Å². The van der Waals surface area contributed by atoms with Crippen molar-refractivity contribution in [1.29, 1.82) is 5.41 Å². The molecule has 4 aromatic carbocycles. The van der Waals surface area contributed by atoms with Crippen molar-refractivity contribution in [3.05, 3.63) is 107 Å². The van der Waals surface area contributed by atoms with Gasteiger partial charge in [-0.2, -0.15) is 0 Å². The molecule has 0 unspecified atom stereocenters. The maximum Gasteiger partial charge on any atom is 1.00 e. The Hall–Kier alpha value is 0.872. The number of isocyanates is 1. The molecule has 3 N–H and O–H groups in total. The van der Waals surface area contributed by atoms with Crippen molar-refractivity contribution in [2.45, 2.75) is 26.7 Å². The second kappa shape index (κ2) is 22.4. The van der Waals surface area contributed by atoms with Gasteiger partial charge in [0.25, 0.3) is 0 Å². The summed E-state index contributed by atoms with van der Waals surface area (Å²) in [4.78, 5) is 19.4. The Morgan fingerprint density at radius 2 is 1.29 bits per heavy atom. The number of aryl methyl sites for hydroxylation is 1. The normalized spacial score (nSPS) is 9.74. The number of nitrogens with one attached hydrogen (secondary N) is 2. The van der Waals surface area contributed by atoms with Crippen LogP contribution in [0.2, 0.25) is 0 Å². The Bertz CT molecular complexity index is 1520. The van der Waals surface area contributed by atoms with Crippen LogP contribution in [0.25, 0.3) is 22.3 Å². The Morgan fingerprint density at radius 3 is 1.88 bits per heavy atom. The van der Waals surface area contributed by atoms with Crippen molar-refractivity contribution in [1.82, 2.24) is 0 Å². The monoisotopic (exact) mass is 1220 g/mol. The van der Waals surface area contributed by atoms with Crippen molar-refractivity contribution in [3.63, 3.8) is 0 Å². The first-order valence-electron chi connectivity index (χ1n) is 12.3. The number of fused-ring (bicyclic) bond motifs is 6. The van der Waals surface area contributed by atoms with E-state index in [-0.39, 0.29) is 85.0 Å². The topological polar surface area (TPSA) is 100 Å². The standard InChI is InChI=1S/C15H13NO.C14H11.CHNO.Ac.3ClH.2Hg.Na.H2O/c1-10(17)16-13-6-7-15-12(9-13)8-11-4-2-3-5-14(11)15;1-10-6-7-14-12(8-10)9-11-4-2-3-5-13(11)14;2-1-3;;;;;;;;/h2-7,9H,8H2,1H3,(H,16,17);3-8H,9H2,1H3;2H;;3*1H;;;;1H2/q;;;;;;;+1;+2;+1;/p-4/i;;;;;;;2*1+0;;. The summed E-state index contributed by atoms with van der Waals surface area (Å²) >= 11 is -2.38. The average Bonchev–Trinajstić information content (AvgIpc) is 3.46. The molecule has 0 bridgehead atoms. The third kappa shape index (κ3) is 12.2. The fourth-order valence-corrected chi connectivity index (χ4v) is 8.42. The van der Waals surface area contributed by atoms with Gasteiger partial charge in [-0.05, 0) is 40.8 Å². The smallest absolute Gasteiger partial charge is 0.870 e. The van der Waals surface area contributed by atoms with E-state index in [1.165, 1.54) is 60.1 Å². The zero-order chi connectivity index (χ0) is 28.4. The first kappa shape index (κ1) is 42.9. The number of carbonyl (C=O) groups excluding carboxylic acids is 2. The summed E-state index contributed by atoms with van der Waals surface area (Å²) in [7, 11) is 16.1. The first-order valence-corrected chi connectivity index (χ1v) is 35.3. The average molecular weight is 1220 g/mol. The molecule has 1 radical (unpaired) electrons. The van der Waals surface area contributed by atoms with Gasteiger partial charge in [0, 0.05) is 56.7 Å². The van der Waals surface area contributed by atoms with E-state index in [0.717, 1.165) is 24.6 Å². The molecule has 0 fully saturated rings. The third-order valence-electron chi connectivity index (χ3n) is 6.37. The molecule has 0 heterocycles. The van der Waals surface area contributed by atoms with Crippen LogP contribution in [0, 0.1) is 56.4 Å². The predicted octanol–water partition coefficient (Wildman–Crippen LogP) is 4.75. The molecule has 42 heavy (non-hydrogen) atoms. The molecule has 0 atom stereocenters. The third-order valence-corrected chi connectivity index (χ3v) is 12.0. The molecule has 2 aliphatic carbocycles. The predicted molar refractivity (Wildman–Crippen MR) is 156 cm³/mol. The van der Waals surface area contributed by atoms with E-state index in [1.807, 2.05) is 6.07 Å². The summed E-state index contributed by atoms with van der Waals surface area (Å²) in [5.41, 5.74) is 13.3. The van der Waals surface area contributed by atoms with Crippen molar-refractivity contribution >= 4 is 45.5 Å². The fraction of sp³-hybridized carbons (Fsp3) is 0.133. The molecule has 0 aromatic heterocycles.